The second kappa shape index (κ2) is 4.23. The molecule has 3 nitrogen and oxygen atoms in total. The summed E-state index contributed by atoms with van der Waals surface area (Å²) in [4.78, 5) is 13.4. The maximum absolute atomic E-state index is 11.6. The predicted octanol–water partition coefficient (Wildman–Crippen LogP) is 0.977. The van der Waals surface area contributed by atoms with Crippen LogP contribution in [0.4, 0.5) is 0 Å². The highest BCUT2D eigenvalue weighted by Gasteiger charge is 2.19. The first-order chi connectivity index (χ1) is 6.13. The van der Waals surface area contributed by atoms with Crippen molar-refractivity contribution in [1.82, 2.24) is 4.90 Å². The molecule has 0 unspecified atom stereocenters. The molecule has 0 N–H and O–H groups in total. The molecule has 0 bridgehead atoms. The fraction of sp³-hybridized carbons (Fsp3) is 0.500. The van der Waals surface area contributed by atoms with Crippen LogP contribution in [-0.4, -0.2) is 37.1 Å². The molecule has 3 heteroatoms. The van der Waals surface area contributed by atoms with Crippen molar-refractivity contribution < 1.29 is 9.53 Å². The molecule has 0 aromatic heterocycles. The van der Waals surface area contributed by atoms with E-state index in [1.54, 1.807) is 11.8 Å². The van der Waals surface area contributed by atoms with E-state index in [9.17, 15) is 4.79 Å². The third-order valence-corrected chi connectivity index (χ3v) is 2.07. The zero-order chi connectivity index (χ0) is 9.84. The Balaban J connectivity index is 2.55. The predicted molar refractivity (Wildman–Crippen MR) is 51.4 cm³/mol. The summed E-state index contributed by atoms with van der Waals surface area (Å²) in [5.41, 5.74) is 1.23. The average molecular weight is 181 g/mol. The van der Waals surface area contributed by atoms with Gasteiger partial charge < -0.3 is 9.64 Å². The summed E-state index contributed by atoms with van der Waals surface area (Å²) in [5, 5.41) is 0. The van der Waals surface area contributed by atoms with Crippen molar-refractivity contribution >= 4 is 5.91 Å². The summed E-state index contributed by atoms with van der Waals surface area (Å²) in [6.45, 7) is 11.7. The Morgan fingerprint density at radius 1 is 1.31 bits per heavy atom. The van der Waals surface area contributed by atoms with Crippen LogP contribution in [0.25, 0.3) is 0 Å². The zero-order valence-corrected chi connectivity index (χ0v) is 8.01. The van der Waals surface area contributed by atoms with E-state index < -0.39 is 0 Å². The van der Waals surface area contributed by atoms with Gasteiger partial charge in [-0.15, -0.1) is 0 Å². The Hall–Kier alpha value is -1.09. The molecule has 0 aromatic rings. The lowest BCUT2D eigenvalue weighted by Gasteiger charge is -2.27. The molecule has 0 radical (unpaired) electrons. The van der Waals surface area contributed by atoms with Crippen molar-refractivity contribution in [2.45, 2.75) is 6.92 Å². The van der Waals surface area contributed by atoms with Crippen molar-refractivity contribution in [3.8, 4) is 0 Å². The van der Waals surface area contributed by atoms with Crippen LogP contribution in [0.15, 0.2) is 24.3 Å². The van der Waals surface area contributed by atoms with Gasteiger partial charge in [-0.1, -0.05) is 13.2 Å². The molecule has 0 aliphatic carbocycles. The van der Waals surface area contributed by atoms with E-state index in [1.807, 2.05) is 0 Å². The number of hydrogen-bond acceptors (Lipinski definition) is 2. The van der Waals surface area contributed by atoms with Crippen LogP contribution in [-0.2, 0) is 9.53 Å². The summed E-state index contributed by atoms with van der Waals surface area (Å²) < 4.78 is 5.14. The van der Waals surface area contributed by atoms with Crippen LogP contribution in [0.1, 0.15) is 6.92 Å². The van der Waals surface area contributed by atoms with E-state index in [4.69, 9.17) is 4.74 Å². The van der Waals surface area contributed by atoms with E-state index >= 15 is 0 Å². The van der Waals surface area contributed by atoms with Crippen LogP contribution < -0.4 is 0 Å². The lowest BCUT2D eigenvalue weighted by atomic mass is 10.1. The van der Waals surface area contributed by atoms with Gasteiger partial charge in [0.1, 0.15) is 0 Å². The molecule has 1 amide bonds. The molecule has 1 rings (SSSR count). The highest BCUT2D eigenvalue weighted by molar-refractivity contribution is 5.96. The van der Waals surface area contributed by atoms with Gasteiger partial charge in [0.25, 0.3) is 5.91 Å². The second-order valence-corrected chi connectivity index (χ2v) is 3.16. The molecule has 1 aliphatic heterocycles. The van der Waals surface area contributed by atoms with Gasteiger partial charge in [-0.2, -0.15) is 0 Å². The Morgan fingerprint density at radius 3 is 2.31 bits per heavy atom. The quantitative estimate of drug-likeness (QED) is 0.469. The summed E-state index contributed by atoms with van der Waals surface area (Å²) in [7, 11) is 0. The van der Waals surface area contributed by atoms with Gasteiger partial charge in [0, 0.05) is 18.7 Å². The number of nitrogens with zero attached hydrogens (tertiary/aromatic N) is 1. The molecule has 1 saturated heterocycles. The van der Waals surface area contributed by atoms with Crippen molar-refractivity contribution in [3.63, 3.8) is 0 Å². The fourth-order valence-electron chi connectivity index (χ4n) is 1.14. The molecule has 0 atom stereocenters. The molecular weight excluding hydrogens is 166 g/mol. The maximum atomic E-state index is 11.6. The molecule has 0 aromatic carbocycles. The van der Waals surface area contributed by atoms with Gasteiger partial charge in [0.15, 0.2) is 0 Å². The summed E-state index contributed by atoms with van der Waals surface area (Å²) in [5.74, 6) is -0.0178. The highest BCUT2D eigenvalue weighted by Crippen LogP contribution is 2.09. The minimum Gasteiger partial charge on any atom is -0.378 e. The average Bonchev–Trinajstić information content (AvgIpc) is 2.17. The lowest BCUT2D eigenvalue weighted by Crippen LogP contribution is -2.41. The largest absolute Gasteiger partial charge is 0.378 e. The van der Waals surface area contributed by atoms with E-state index in [0.717, 1.165) is 5.57 Å². The minimum atomic E-state index is -0.0178. The number of amides is 1. The molecule has 1 aliphatic rings. The number of rotatable bonds is 2. The minimum absolute atomic E-state index is 0.0178. The third-order valence-electron chi connectivity index (χ3n) is 2.07. The van der Waals surface area contributed by atoms with Gasteiger partial charge >= 0.3 is 0 Å². The van der Waals surface area contributed by atoms with Gasteiger partial charge in [-0.25, -0.2) is 0 Å². The van der Waals surface area contributed by atoms with Crippen LogP contribution >= 0.6 is 0 Å². The molecule has 1 heterocycles. The number of ether oxygens (including phenoxy) is 1. The van der Waals surface area contributed by atoms with Crippen molar-refractivity contribution in [1.29, 1.82) is 0 Å². The smallest absolute Gasteiger partial charge is 0.253 e. The Kier molecular flexibility index (Phi) is 3.25. The molecular formula is C10H15NO2. The first-order valence-corrected chi connectivity index (χ1v) is 4.34. The first-order valence-electron chi connectivity index (χ1n) is 4.34. The van der Waals surface area contributed by atoms with E-state index in [-0.39, 0.29) is 5.91 Å². The van der Waals surface area contributed by atoms with Gasteiger partial charge in [-0.3, -0.25) is 4.79 Å². The van der Waals surface area contributed by atoms with Crippen LogP contribution in [0, 0.1) is 0 Å². The molecule has 0 saturated carbocycles. The lowest BCUT2D eigenvalue weighted by molar-refractivity contribution is -0.130. The molecule has 0 spiro atoms. The summed E-state index contributed by atoms with van der Waals surface area (Å²) >= 11 is 0. The summed E-state index contributed by atoms with van der Waals surface area (Å²) in [6, 6.07) is 0. The molecule has 72 valence electrons. The van der Waals surface area contributed by atoms with Gasteiger partial charge in [0.05, 0.1) is 13.2 Å². The van der Waals surface area contributed by atoms with Crippen molar-refractivity contribution in [2.24, 2.45) is 0 Å². The number of carbonyl (C=O) groups is 1. The van der Waals surface area contributed by atoms with E-state index in [0.29, 0.717) is 31.9 Å². The second-order valence-electron chi connectivity index (χ2n) is 3.16. The molecule has 1 fully saturated rings. The number of hydrogen-bond donors (Lipinski definition) is 0. The standard InChI is InChI=1S/C10H15NO2/c1-8(2)9(3)10(12)11-4-6-13-7-5-11/h1,3-7H2,2H3. The number of morpholine rings is 1. The zero-order valence-electron chi connectivity index (χ0n) is 8.01. The van der Waals surface area contributed by atoms with Crippen LogP contribution in [0.5, 0.6) is 0 Å². The number of carbonyl (C=O) groups excluding carboxylic acids is 1. The van der Waals surface area contributed by atoms with Crippen molar-refractivity contribution in [3.05, 3.63) is 24.3 Å². The topological polar surface area (TPSA) is 29.5 Å². The Bertz CT molecular complexity index is 239. The first kappa shape index (κ1) is 9.99. The third kappa shape index (κ3) is 2.42. The van der Waals surface area contributed by atoms with Gasteiger partial charge in [0.2, 0.25) is 0 Å². The molecule has 13 heavy (non-hydrogen) atoms. The highest BCUT2D eigenvalue weighted by atomic mass is 16.5. The SMILES string of the molecule is C=C(C)C(=C)C(=O)N1CCOCC1. The van der Waals surface area contributed by atoms with Crippen LogP contribution in [0.3, 0.4) is 0 Å². The monoisotopic (exact) mass is 181 g/mol. The maximum Gasteiger partial charge on any atom is 0.253 e. The van der Waals surface area contributed by atoms with Crippen LogP contribution in [0.2, 0.25) is 0 Å². The van der Waals surface area contributed by atoms with E-state index in [1.165, 1.54) is 0 Å². The Labute approximate surface area is 78.7 Å². The van der Waals surface area contributed by atoms with Crippen molar-refractivity contribution in [2.75, 3.05) is 26.3 Å². The van der Waals surface area contributed by atoms with Gasteiger partial charge in [-0.05, 0) is 12.5 Å². The normalized spacial score (nSPS) is 16.8. The van der Waals surface area contributed by atoms with E-state index in [2.05, 4.69) is 13.2 Å². The fourth-order valence-corrected chi connectivity index (χ4v) is 1.14. The summed E-state index contributed by atoms with van der Waals surface area (Å²) in [6.07, 6.45) is 0. The Morgan fingerprint density at radius 2 is 1.85 bits per heavy atom.